The molecule has 0 N–H and O–H groups in total. The molecule has 0 amide bonds. The summed E-state index contributed by atoms with van der Waals surface area (Å²) in [6.45, 7) is 0. The monoisotopic (exact) mass is 694 g/mol. The predicted molar refractivity (Wildman–Crippen MR) is 232 cm³/mol. The number of benzene rings is 11. The number of rotatable bonds is 4. The molecule has 12 rings (SSSR count). The first-order valence-corrected chi connectivity index (χ1v) is 18.8. The van der Waals surface area contributed by atoms with E-state index in [-0.39, 0.29) is 0 Å². The smallest absolute Gasteiger partial charge is 0.0998 e. The Kier molecular flexibility index (Phi) is 6.15. The van der Waals surface area contributed by atoms with Gasteiger partial charge in [-0.1, -0.05) is 115 Å². The van der Waals surface area contributed by atoms with Crippen LogP contribution in [0.3, 0.4) is 0 Å². The highest BCUT2D eigenvalue weighted by molar-refractivity contribution is 6.26. The fourth-order valence-electron chi connectivity index (χ4n) is 9.28. The summed E-state index contributed by atoms with van der Waals surface area (Å²) in [7, 11) is 0. The molecule has 0 atom stereocenters. The first-order valence-electron chi connectivity index (χ1n) is 18.8. The van der Waals surface area contributed by atoms with Gasteiger partial charge < -0.3 is 4.57 Å². The van der Waals surface area contributed by atoms with Crippen LogP contribution in [-0.4, -0.2) is 4.57 Å². The highest BCUT2D eigenvalue weighted by Crippen LogP contribution is 2.43. The molecule has 11 aromatic carbocycles. The first-order chi connectivity index (χ1) is 27.2. The number of hydrogen-bond donors (Lipinski definition) is 0. The second-order valence-corrected chi connectivity index (χ2v) is 14.9. The lowest BCUT2D eigenvalue weighted by atomic mass is 9.89. The lowest BCUT2D eigenvalue weighted by molar-refractivity contribution is 1.18. The van der Waals surface area contributed by atoms with E-state index in [9.17, 15) is 5.26 Å². The Hall–Kier alpha value is -7.47. The van der Waals surface area contributed by atoms with Crippen molar-refractivity contribution >= 4 is 75.7 Å². The summed E-state index contributed by atoms with van der Waals surface area (Å²) < 4.78 is 2.34. The van der Waals surface area contributed by atoms with Crippen molar-refractivity contribution in [2.45, 2.75) is 0 Å². The molecule has 2 heteroatoms. The Morgan fingerprint density at radius 3 is 1.45 bits per heavy atom. The molecule has 0 aliphatic heterocycles. The van der Waals surface area contributed by atoms with E-state index >= 15 is 0 Å². The van der Waals surface area contributed by atoms with Gasteiger partial charge in [-0.25, -0.2) is 0 Å². The summed E-state index contributed by atoms with van der Waals surface area (Å²) in [6.07, 6.45) is 0. The lowest BCUT2D eigenvalue weighted by Crippen LogP contribution is -1.93. The quantitative estimate of drug-likeness (QED) is 0.169. The molecule has 2 nitrogen and oxygen atoms in total. The Morgan fingerprint density at radius 1 is 0.327 bits per heavy atom. The molecule has 0 aliphatic rings. The van der Waals surface area contributed by atoms with Gasteiger partial charge in [0, 0.05) is 21.8 Å². The summed E-state index contributed by atoms with van der Waals surface area (Å²) in [4.78, 5) is 0. The van der Waals surface area contributed by atoms with Crippen molar-refractivity contribution in [1.29, 1.82) is 5.26 Å². The number of para-hydroxylation sites is 1. The van der Waals surface area contributed by atoms with Crippen LogP contribution >= 0.6 is 0 Å². The Morgan fingerprint density at radius 2 is 0.818 bits per heavy atom. The van der Waals surface area contributed by atoms with Gasteiger partial charge in [-0.3, -0.25) is 0 Å². The Bertz CT molecular complexity index is 3460. The number of nitrogens with zero attached hydrogens (tertiary/aromatic N) is 2. The summed E-state index contributed by atoms with van der Waals surface area (Å²) in [5, 5.41) is 24.7. The Labute approximate surface area is 317 Å². The van der Waals surface area contributed by atoms with Gasteiger partial charge in [-0.05, 0) is 149 Å². The maximum Gasteiger partial charge on any atom is 0.0998 e. The van der Waals surface area contributed by atoms with E-state index < -0.39 is 0 Å². The van der Waals surface area contributed by atoms with Gasteiger partial charge in [-0.2, -0.15) is 5.26 Å². The predicted octanol–water partition coefficient (Wildman–Crippen LogP) is 14.3. The van der Waals surface area contributed by atoms with E-state index in [1.54, 1.807) is 0 Å². The molecular formula is C53H30N2. The Balaban J connectivity index is 0.951. The van der Waals surface area contributed by atoms with Crippen LogP contribution in [0.15, 0.2) is 182 Å². The van der Waals surface area contributed by atoms with Crippen molar-refractivity contribution in [3.05, 3.63) is 188 Å². The van der Waals surface area contributed by atoms with E-state index in [1.165, 1.54) is 87.2 Å². The average molecular weight is 695 g/mol. The fraction of sp³-hybridized carbons (Fsp3) is 0. The van der Waals surface area contributed by atoms with Gasteiger partial charge in [0.2, 0.25) is 0 Å². The van der Waals surface area contributed by atoms with Crippen LogP contribution in [0.1, 0.15) is 5.56 Å². The lowest BCUT2D eigenvalue weighted by Gasteiger charge is -2.15. The molecule has 0 saturated carbocycles. The first kappa shape index (κ1) is 30.0. The molecule has 0 spiro atoms. The molecule has 0 bridgehead atoms. The molecular weight excluding hydrogens is 665 g/mol. The minimum absolute atomic E-state index is 0.708. The molecule has 252 valence electrons. The van der Waals surface area contributed by atoms with Crippen molar-refractivity contribution in [2.24, 2.45) is 0 Å². The van der Waals surface area contributed by atoms with Crippen molar-refractivity contribution in [2.75, 3.05) is 0 Å². The van der Waals surface area contributed by atoms with Crippen molar-refractivity contribution in [3.63, 3.8) is 0 Å². The molecule has 1 aromatic heterocycles. The third-order valence-electron chi connectivity index (χ3n) is 11.8. The zero-order chi connectivity index (χ0) is 36.2. The van der Waals surface area contributed by atoms with E-state index in [0.717, 1.165) is 27.5 Å². The highest BCUT2D eigenvalue weighted by atomic mass is 15.0. The van der Waals surface area contributed by atoms with Gasteiger partial charge in [-0.15, -0.1) is 0 Å². The molecule has 0 saturated heterocycles. The van der Waals surface area contributed by atoms with E-state index in [1.807, 2.05) is 6.07 Å². The molecule has 0 aliphatic carbocycles. The summed E-state index contributed by atoms with van der Waals surface area (Å²) in [5.41, 5.74) is 11.3. The number of nitriles is 1. The largest absolute Gasteiger partial charge is 0.309 e. The van der Waals surface area contributed by atoms with Crippen LogP contribution in [0.4, 0.5) is 0 Å². The highest BCUT2D eigenvalue weighted by Gasteiger charge is 2.20. The van der Waals surface area contributed by atoms with Crippen LogP contribution in [0.2, 0.25) is 0 Å². The third kappa shape index (κ3) is 4.42. The van der Waals surface area contributed by atoms with Gasteiger partial charge in [0.25, 0.3) is 0 Å². The average Bonchev–Trinajstić information content (AvgIpc) is 3.59. The normalized spacial score (nSPS) is 12.0. The summed E-state index contributed by atoms with van der Waals surface area (Å²) in [6, 6.07) is 68.8. The SMILES string of the molecule is N#Cc1ccc2c3c1ccc1cc(-c4ccc(-c5cc6ccc7cc(-c8ccc9ccccc9c8)cc8ccc(c5)c6c78)cc4)cc(c13)n2-c1ccccc1. The molecule has 0 radical (unpaired) electrons. The molecule has 0 fully saturated rings. The van der Waals surface area contributed by atoms with Gasteiger partial charge in [0.05, 0.1) is 22.7 Å². The zero-order valence-electron chi connectivity index (χ0n) is 29.7. The maximum absolute atomic E-state index is 9.92. The second kappa shape index (κ2) is 11.3. The van der Waals surface area contributed by atoms with Crippen LogP contribution < -0.4 is 0 Å². The topological polar surface area (TPSA) is 28.7 Å². The summed E-state index contributed by atoms with van der Waals surface area (Å²) >= 11 is 0. The fourth-order valence-corrected chi connectivity index (χ4v) is 9.28. The maximum atomic E-state index is 9.92. The zero-order valence-corrected chi connectivity index (χ0v) is 29.7. The van der Waals surface area contributed by atoms with E-state index in [2.05, 4.69) is 187 Å². The molecule has 12 aromatic rings. The minimum atomic E-state index is 0.708. The van der Waals surface area contributed by atoms with Crippen LogP contribution in [0, 0.1) is 11.3 Å². The van der Waals surface area contributed by atoms with Gasteiger partial charge in [0.15, 0.2) is 0 Å². The number of fused-ring (bicyclic) bond motifs is 1. The second-order valence-electron chi connectivity index (χ2n) is 14.9. The van der Waals surface area contributed by atoms with Crippen molar-refractivity contribution in [1.82, 2.24) is 4.57 Å². The van der Waals surface area contributed by atoms with Crippen molar-refractivity contribution in [3.8, 4) is 45.1 Å². The van der Waals surface area contributed by atoms with E-state index in [0.29, 0.717) is 5.56 Å². The van der Waals surface area contributed by atoms with Crippen molar-refractivity contribution < 1.29 is 0 Å². The standard InChI is InChI=1S/C53H30N2/c54-31-42-21-23-48-53-47(42)22-20-41-29-45(30-49(52(41)53)55(48)46-8-2-1-3-9-46)34-12-10-33(11-13-34)43-25-37-16-18-39-27-44(28-40-19-17-38(26-43)50(37)51(39)40)36-15-14-32-6-4-5-7-35(32)24-36/h1-30H. The minimum Gasteiger partial charge on any atom is -0.309 e. The van der Waals surface area contributed by atoms with Crippen LogP contribution in [0.25, 0.3) is 115 Å². The molecule has 55 heavy (non-hydrogen) atoms. The van der Waals surface area contributed by atoms with Gasteiger partial charge >= 0.3 is 0 Å². The third-order valence-corrected chi connectivity index (χ3v) is 11.8. The summed E-state index contributed by atoms with van der Waals surface area (Å²) in [5.74, 6) is 0. The molecule has 0 unspecified atom stereocenters. The number of aromatic nitrogens is 1. The molecule has 1 heterocycles. The van der Waals surface area contributed by atoms with E-state index in [4.69, 9.17) is 0 Å². The number of hydrogen-bond acceptors (Lipinski definition) is 1. The van der Waals surface area contributed by atoms with Gasteiger partial charge in [0.1, 0.15) is 0 Å². The van der Waals surface area contributed by atoms with Crippen LogP contribution in [0.5, 0.6) is 0 Å². The van der Waals surface area contributed by atoms with Crippen LogP contribution in [-0.2, 0) is 0 Å².